The Bertz CT molecular complexity index is 543. The van der Waals surface area contributed by atoms with E-state index < -0.39 is 0 Å². The number of benzene rings is 1. The normalized spacial score (nSPS) is 10.9. The number of nitrogens with zero attached hydrogens (tertiary/aromatic N) is 2. The highest BCUT2D eigenvalue weighted by molar-refractivity contribution is 9.10. The molecule has 2 rings (SSSR count). The minimum Gasteiger partial charge on any atom is -0.317 e. The van der Waals surface area contributed by atoms with Gasteiger partial charge in [-0.15, -0.1) is 0 Å². The summed E-state index contributed by atoms with van der Waals surface area (Å²) < 4.78 is 3.12. The van der Waals surface area contributed by atoms with Crippen LogP contribution in [-0.4, -0.2) is 22.9 Å². The first-order valence-corrected chi connectivity index (χ1v) is 7.44. The Morgan fingerprint density at radius 2 is 1.89 bits per heavy atom. The second-order valence-electron chi connectivity index (χ2n) is 4.64. The standard InChI is InChI=1S/C15H20BrN3/c1-4-17-10-9-15-11(2)18-19(12(15)3)14-7-5-13(16)6-8-14/h5-8,17H,4,9-10H2,1-3H3. The maximum Gasteiger partial charge on any atom is 0.0649 e. The summed E-state index contributed by atoms with van der Waals surface area (Å²) >= 11 is 3.46. The lowest BCUT2D eigenvalue weighted by Crippen LogP contribution is -2.16. The zero-order chi connectivity index (χ0) is 13.8. The van der Waals surface area contributed by atoms with Gasteiger partial charge in [-0.25, -0.2) is 4.68 Å². The fourth-order valence-corrected chi connectivity index (χ4v) is 2.52. The molecular formula is C15H20BrN3. The molecule has 0 saturated carbocycles. The molecule has 19 heavy (non-hydrogen) atoms. The second-order valence-corrected chi connectivity index (χ2v) is 5.56. The van der Waals surface area contributed by atoms with Crippen LogP contribution >= 0.6 is 15.9 Å². The molecule has 0 amide bonds. The van der Waals surface area contributed by atoms with Crippen LogP contribution in [0.5, 0.6) is 0 Å². The van der Waals surface area contributed by atoms with Crippen molar-refractivity contribution in [1.82, 2.24) is 15.1 Å². The fourth-order valence-electron chi connectivity index (χ4n) is 2.26. The Hall–Kier alpha value is -1.13. The van der Waals surface area contributed by atoms with Crippen molar-refractivity contribution < 1.29 is 0 Å². The molecule has 3 nitrogen and oxygen atoms in total. The van der Waals surface area contributed by atoms with Gasteiger partial charge in [0.15, 0.2) is 0 Å². The number of hydrogen-bond acceptors (Lipinski definition) is 2. The predicted octanol–water partition coefficient (Wildman–Crippen LogP) is 3.40. The SMILES string of the molecule is CCNCCc1c(C)nn(-c2ccc(Br)cc2)c1C. The Kier molecular flexibility index (Phi) is 4.77. The van der Waals surface area contributed by atoms with Gasteiger partial charge in [0.1, 0.15) is 0 Å². The number of rotatable bonds is 5. The van der Waals surface area contributed by atoms with Crippen LogP contribution in [0.25, 0.3) is 5.69 Å². The Labute approximate surface area is 123 Å². The number of nitrogens with one attached hydrogen (secondary N) is 1. The average Bonchev–Trinajstić information content (AvgIpc) is 2.68. The van der Waals surface area contributed by atoms with E-state index in [-0.39, 0.29) is 0 Å². The minimum atomic E-state index is 1.00. The summed E-state index contributed by atoms with van der Waals surface area (Å²) in [5.41, 5.74) is 4.82. The molecule has 0 aliphatic carbocycles. The van der Waals surface area contributed by atoms with Gasteiger partial charge in [-0.2, -0.15) is 5.10 Å². The van der Waals surface area contributed by atoms with Crippen LogP contribution in [0.1, 0.15) is 23.9 Å². The van der Waals surface area contributed by atoms with Gasteiger partial charge in [0, 0.05) is 10.2 Å². The van der Waals surface area contributed by atoms with Crippen molar-refractivity contribution >= 4 is 15.9 Å². The molecule has 4 heteroatoms. The molecule has 0 spiro atoms. The highest BCUT2D eigenvalue weighted by Crippen LogP contribution is 2.19. The molecule has 0 atom stereocenters. The molecule has 0 radical (unpaired) electrons. The van der Waals surface area contributed by atoms with Gasteiger partial charge >= 0.3 is 0 Å². The molecule has 1 aromatic carbocycles. The summed E-state index contributed by atoms with van der Waals surface area (Å²) in [6, 6.07) is 8.25. The molecular weight excluding hydrogens is 302 g/mol. The first-order valence-electron chi connectivity index (χ1n) is 6.65. The smallest absolute Gasteiger partial charge is 0.0649 e. The summed E-state index contributed by atoms with van der Waals surface area (Å²) in [5.74, 6) is 0. The minimum absolute atomic E-state index is 1.00. The van der Waals surface area contributed by atoms with Gasteiger partial charge in [-0.1, -0.05) is 22.9 Å². The number of halogens is 1. The molecule has 1 heterocycles. The van der Waals surface area contributed by atoms with Crippen LogP contribution < -0.4 is 5.32 Å². The van der Waals surface area contributed by atoms with Crippen molar-refractivity contribution in [2.75, 3.05) is 13.1 Å². The van der Waals surface area contributed by atoms with E-state index in [4.69, 9.17) is 0 Å². The molecule has 1 N–H and O–H groups in total. The van der Waals surface area contributed by atoms with E-state index in [1.54, 1.807) is 0 Å². The summed E-state index contributed by atoms with van der Waals surface area (Å²) in [4.78, 5) is 0. The van der Waals surface area contributed by atoms with E-state index in [2.05, 4.69) is 59.2 Å². The molecule has 0 aliphatic heterocycles. The van der Waals surface area contributed by atoms with Gasteiger partial charge in [-0.05, 0) is 63.2 Å². The van der Waals surface area contributed by atoms with Gasteiger partial charge in [-0.3, -0.25) is 0 Å². The first-order chi connectivity index (χ1) is 9.13. The van der Waals surface area contributed by atoms with E-state index in [0.717, 1.165) is 35.4 Å². The van der Waals surface area contributed by atoms with Crippen molar-refractivity contribution in [1.29, 1.82) is 0 Å². The van der Waals surface area contributed by atoms with Crippen LogP contribution in [0.2, 0.25) is 0 Å². The quantitative estimate of drug-likeness (QED) is 0.855. The van der Waals surface area contributed by atoms with Crippen molar-refractivity contribution in [3.8, 4) is 5.69 Å². The van der Waals surface area contributed by atoms with E-state index in [1.165, 1.54) is 11.3 Å². The van der Waals surface area contributed by atoms with Crippen molar-refractivity contribution in [3.05, 3.63) is 45.7 Å². The van der Waals surface area contributed by atoms with Crippen LogP contribution in [-0.2, 0) is 6.42 Å². The lowest BCUT2D eigenvalue weighted by molar-refractivity contribution is 0.713. The van der Waals surface area contributed by atoms with E-state index in [9.17, 15) is 0 Å². The van der Waals surface area contributed by atoms with E-state index >= 15 is 0 Å². The third-order valence-electron chi connectivity index (χ3n) is 3.31. The highest BCUT2D eigenvalue weighted by Gasteiger charge is 2.12. The lowest BCUT2D eigenvalue weighted by Gasteiger charge is -2.06. The number of aryl methyl sites for hydroxylation is 1. The van der Waals surface area contributed by atoms with Crippen LogP contribution in [0.15, 0.2) is 28.7 Å². The van der Waals surface area contributed by atoms with E-state index in [1.807, 2.05) is 16.8 Å². The monoisotopic (exact) mass is 321 g/mol. The maximum absolute atomic E-state index is 4.66. The molecule has 0 aliphatic rings. The van der Waals surface area contributed by atoms with Crippen LogP contribution in [0.3, 0.4) is 0 Å². The van der Waals surface area contributed by atoms with Gasteiger partial charge < -0.3 is 5.32 Å². The predicted molar refractivity (Wildman–Crippen MR) is 83.0 cm³/mol. The van der Waals surface area contributed by atoms with Crippen molar-refractivity contribution in [2.24, 2.45) is 0 Å². The third-order valence-corrected chi connectivity index (χ3v) is 3.84. The molecule has 0 saturated heterocycles. The molecule has 0 fully saturated rings. The van der Waals surface area contributed by atoms with Crippen molar-refractivity contribution in [2.45, 2.75) is 27.2 Å². The third kappa shape index (κ3) is 3.25. The second kappa shape index (κ2) is 6.35. The Balaban J connectivity index is 2.27. The topological polar surface area (TPSA) is 29.9 Å². The van der Waals surface area contributed by atoms with Crippen LogP contribution in [0.4, 0.5) is 0 Å². The largest absolute Gasteiger partial charge is 0.317 e. The van der Waals surface area contributed by atoms with Gasteiger partial charge in [0.05, 0.1) is 11.4 Å². The van der Waals surface area contributed by atoms with Gasteiger partial charge in [0.2, 0.25) is 0 Å². The Morgan fingerprint density at radius 3 is 2.53 bits per heavy atom. The zero-order valence-electron chi connectivity index (χ0n) is 11.7. The number of likely N-dealkylation sites (N-methyl/N-ethyl adjacent to an activating group) is 1. The highest BCUT2D eigenvalue weighted by atomic mass is 79.9. The molecule has 102 valence electrons. The van der Waals surface area contributed by atoms with Crippen LogP contribution in [0, 0.1) is 13.8 Å². The fraction of sp³-hybridized carbons (Fsp3) is 0.400. The summed E-state index contributed by atoms with van der Waals surface area (Å²) in [7, 11) is 0. The summed E-state index contributed by atoms with van der Waals surface area (Å²) in [6.45, 7) is 8.38. The molecule has 2 aromatic rings. The first kappa shape index (κ1) is 14.3. The number of hydrogen-bond donors (Lipinski definition) is 1. The molecule has 0 bridgehead atoms. The van der Waals surface area contributed by atoms with Gasteiger partial charge in [0.25, 0.3) is 0 Å². The summed E-state index contributed by atoms with van der Waals surface area (Å²) in [5, 5.41) is 8.03. The Morgan fingerprint density at radius 1 is 1.21 bits per heavy atom. The zero-order valence-corrected chi connectivity index (χ0v) is 13.3. The summed E-state index contributed by atoms with van der Waals surface area (Å²) in [6.07, 6.45) is 1.03. The van der Waals surface area contributed by atoms with E-state index in [0.29, 0.717) is 0 Å². The lowest BCUT2D eigenvalue weighted by atomic mass is 10.1. The number of aromatic nitrogens is 2. The average molecular weight is 322 g/mol. The maximum atomic E-state index is 4.66. The molecule has 1 aromatic heterocycles. The van der Waals surface area contributed by atoms with Crippen molar-refractivity contribution in [3.63, 3.8) is 0 Å². The molecule has 0 unspecified atom stereocenters.